The van der Waals surface area contributed by atoms with Crippen LogP contribution in [0.3, 0.4) is 0 Å². The largest absolute Gasteiger partial charge is 0.0890 e. The molecule has 0 spiro atoms. The zero-order valence-electron chi connectivity index (χ0n) is 10.3. The predicted octanol–water partition coefficient (Wildman–Crippen LogP) is 4.75. The van der Waals surface area contributed by atoms with Crippen molar-refractivity contribution in [1.29, 1.82) is 0 Å². The Balaban J connectivity index is 2.03. The molecular formula is C15H21Br. The van der Waals surface area contributed by atoms with Crippen LogP contribution >= 0.6 is 15.9 Å². The van der Waals surface area contributed by atoms with Crippen molar-refractivity contribution >= 4 is 15.9 Å². The van der Waals surface area contributed by atoms with Crippen molar-refractivity contribution < 1.29 is 0 Å². The van der Waals surface area contributed by atoms with E-state index in [0.717, 1.165) is 11.2 Å². The van der Waals surface area contributed by atoms with Crippen molar-refractivity contribution in [3.8, 4) is 0 Å². The van der Waals surface area contributed by atoms with Crippen LogP contribution < -0.4 is 0 Å². The standard InChI is InChI=1S/C15H21Br/c1-3-12-4-6-13(7-5-12)10-15(2)9-8-14(16)11-15/h4-7,14H,3,8-11H2,1-2H3. The molecule has 0 aromatic heterocycles. The molecule has 0 bridgehead atoms. The number of halogens is 1. The van der Waals surface area contributed by atoms with Gasteiger partial charge in [-0.05, 0) is 48.6 Å². The average molecular weight is 281 g/mol. The highest BCUT2D eigenvalue weighted by Gasteiger charge is 2.33. The molecule has 1 aromatic rings. The summed E-state index contributed by atoms with van der Waals surface area (Å²) >= 11 is 3.75. The summed E-state index contributed by atoms with van der Waals surface area (Å²) in [7, 11) is 0. The summed E-state index contributed by atoms with van der Waals surface area (Å²) in [5.74, 6) is 0. The first-order valence-corrected chi connectivity index (χ1v) is 7.25. The fraction of sp³-hybridized carbons (Fsp3) is 0.600. The van der Waals surface area contributed by atoms with Crippen LogP contribution in [0, 0.1) is 5.41 Å². The highest BCUT2D eigenvalue weighted by atomic mass is 79.9. The normalized spacial score (nSPS) is 29.6. The summed E-state index contributed by atoms with van der Waals surface area (Å²) in [5, 5.41) is 0. The Kier molecular flexibility index (Phi) is 3.73. The zero-order valence-corrected chi connectivity index (χ0v) is 11.9. The molecule has 1 fully saturated rings. The number of rotatable bonds is 3. The van der Waals surface area contributed by atoms with Crippen molar-refractivity contribution in [2.75, 3.05) is 0 Å². The van der Waals surface area contributed by atoms with Gasteiger partial charge in [-0.25, -0.2) is 0 Å². The van der Waals surface area contributed by atoms with E-state index in [-0.39, 0.29) is 0 Å². The first-order chi connectivity index (χ1) is 7.61. The molecule has 0 heterocycles. The highest BCUT2D eigenvalue weighted by molar-refractivity contribution is 9.09. The molecule has 1 aliphatic rings. The van der Waals surface area contributed by atoms with E-state index in [4.69, 9.17) is 0 Å². The maximum Gasteiger partial charge on any atom is 0.0151 e. The third-order valence-corrected chi connectivity index (χ3v) is 4.62. The maximum atomic E-state index is 3.75. The van der Waals surface area contributed by atoms with E-state index < -0.39 is 0 Å². The number of benzene rings is 1. The Hall–Kier alpha value is -0.300. The number of hydrogen-bond donors (Lipinski definition) is 0. The third-order valence-electron chi connectivity index (χ3n) is 3.84. The van der Waals surface area contributed by atoms with Crippen molar-refractivity contribution in [2.24, 2.45) is 5.41 Å². The van der Waals surface area contributed by atoms with Gasteiger partial charge in [-0.3, -0.25) is 0 Å². The molecule has 0 amide bonds. The Morgan fingerprint density at radius 1 is 1.25 bits per heavy atom. The molecule has 1 saturated carbocycles. The number of hydrogen-bond acceptors (Lipinski definition) is 0. The fourth-order valence-electron chi connectivity index (χ4n) is 2.79. The van der Waals surface area contributed by atoms with E-state index in [9.17, 15) is 0 Å². The van der Waals surface area contributed by atoms with Crippen LogP contribution in [0.5, 0.6) is 0 Å². The lowest BCUT2D eigenvalue weighted by molar-refractivity contribution is 0.336. The van der Waals surface area contributed by atoms with Crippen molar-refractivity contribution in [3.63, 3.8) is 0 Å². The van der Waals surface area contributed by atoms with E-state index in [2.05, 4.69) is 54.0 Å². The van der Waals surface area contributed by atoms with Gasteiger partial charge in [0.1, 0.15) is 0 Å². The van der Waals surface area contributed by atoms with Crippen LogP contribution in [0.2, 0.25) is 0 Å². The molecule has 1 heteroatoms. The van der Waals surface area contributed by atoms with Gasteiger partial charge in [-0.2, -0.15) is 0 Å². The van der Waals surface area contributed by atoms with Crippen LogP contribution in [0.25, 0.3) is 0 Å². The van der Waals surface area contributed by atoms with Crippen LogP contribution in [-0.2, 0) is 12.8 Å². The minimum absolute atomic E-state index is 0.516. The highest BCUT2D eigenvalue weighted by Crippen LogP contribution is 2.43. The second-order valence-electron chi connectivity index (χ2n) is 5.50. The Labute approximate surface area is 108 Å². The predicted molar refractivity (Wildman–Crippen MR) is 74.2 cm³/mol. The number of alkyl halides is 1. The molecule has 1 aliphatic carbocycles. The molecule has 2 rings (SSSR count). The second-order valence-corrected chi connectivity index (χ2v) is 6.79. The molecule has 0 radical (unpaired) electrons. The molecule has 1 aromatic carbocycles. The van der Waals surface area contributed by atoms with Gasteiger partial charge in [0.15, 0.2) is 0 Å². The summed E-state index contributed by atoms with van der Waals surface area (Å²) in [6, 6.07) is 9.18. The smallest absolute Gasteiger partial charge is 0.0151 e. The second kappa shape index (κ2) is 4.91. The molecule has 88 valence electrons. The van der Waals surface area contributed by atoms with Gasteiger partial charge < -0.3 is 0 Å². The first kappa shape index (κ1) is 12.2. The molecule has 2 atom stereocenters. The van der Waals surface area contributed by atoms with E-state index >= 15 is 0 Å². The number of aryl methyl sites for hydroxylation is 1. The fourth-order valence-corrected chi connectivity index (χ4v) is 3.80. The minimum Gasteiger partial charge on any atom is -0.0890 e. The topological polar surface area (TPSA) is 0 Å². The van der Waals surface area contributed by atoms with Crippen LogP contribution in [-0.4, -0.2) is 4.83 Å². The maximum absolute atomic E-state index is 3.75. The summed E-state index contributed by atoms with van der Waals surface area (Å²) in [4.78, 5) is 0.743. The van der Waals surface area contributed by atoms with Gasteiger partial charge >= 0.3 is 0 Å². The molecule has 0 saturated heterocycles. The lowest BCUT2D eigenvalue weighted by Crippen LogP contribution is -2.15. The molecule has 0 aliphatic heterocycles. The van der Waals surface area contributed by atoms with Gasteiger partial charge in [0.25, 0.3) is 0 Å². The average Bonchev–Trinajstić information content (AvgIpc) is 2.59. The van der Waals surface area contributed by atoms with Crippen molar-refractivity contribution in [3.05, 3.63) is 35.4 Å². The van der Waals surface area contributed by atoms with Gasteiger partial charge in [-0.15, -0.1) is 0 Å². The molecular weight excluding hydrogens is 260 g/mol. The Bertz CT molecular complexity index is 341. The SMILES string of the molecule is CCc1ccc(CC2(C)CCC(Br)C2)cc1. The first-order valence-electron chi connectivity index (χ1n) is 6.33. The van der Waals surface area contributed by atoms with E-state index in [0.29, 0.717) is 5.41 Å². The van der Waals surface area contributed by atoms with Gasteiger partial charge in [0.05, 0.1) is 0 Å². The van der Waals surface area contributed by atoms with Gasteiger partial charge in [0, 0.05) is 4.83 Å². The van der Waals surface area contributed by atoms with E-state index in [1.165, 1.54) is 36.8 Å². The van der Waals surface area contributed by atoms with Crippen LogP contribution in [0.1, 0.15) is 44.2 Å². The molecule has 2 unspecified atom stereocenters. The lowest BCUT2D eigenvalue weighted by atomic mass is 9.82. The monoisotopic (exact) mass is 280 g/mol. The summed E-state index contributed by atoms with van der Waals surface area (Å²) < 4.78 is 0. The van der Waals surface area contributed by atoms with Crippen LogP contribution in [0.4, 0.5) is 0 Å². The van der Waals surface area contributed by atoms with Crippen molar-refractivity contribution in [1.82, 2.24) is 0 Å². The van der Waals surface area contributed by atoms with E-state index in [1.807, 2.05) is 0 Å². The molecule has 0 N–H and O–H groups in total. The quantitative estimate of drug-likeness (QED) is 0.702. The third kappa shape index (κ3) is 2.88. The minimum atomic E-state index is 0.516. The summed E-state index contributed by atoms with van der Waals surface area (Å²) in [6.45, 7) is 4.64. The van der Waals surface area contributed by atoms with Crippen molar-refractivity contribution in [2.45, 2.75) is 50.8 Å². The molecule has 0 nitrogen and oxygen atoms in total. The summed E-state index contributed by atoms with van der Waals surface area (Å²) in [6.07, 6.45) is 6.39. The van der Waals surface area contributed by atoms with Crippen LogP contribution in [0.15, 0.2) is 24.3 Å². The Morgan fingerprint density at radius 3 is 2.38 bits per heavy atom. The van der Waals surface area contributed by atoms with Gasteiger partial charge in [0.2, 0.25) is 0 Å². The molecule has 16 heavy (non-hydrogen) atoms. The lowest BCUT2D eigenvalue weighted by Gasteiger charge is -2.23. The zero-order chi connectivity index (χ0) is 11.6. The van der Waals surface area contributed by atoms with Gasteiger partial charge in [-0.1, -0.05) is 54.0 Å². The van der Waals surface area contributed by atoms with E-state index in [1.54, 1.807) is 0 Å². The Morgan fingerprint density at radius 2 is 1.88 bits per heavy atom. The summed E-state index contributed by atoms with van der Waals surface area (Å²) in [5.41, 5.74) is 3.46.